The summed E-state index contributed by atoms with van der Waals surface area (Å²) in [7, 11) is -3.74. The number of primary sulfonamides is 1. The maximum Gasteiger partial charge on any atom is 0.238 e. The van der Waals surface area contributed by atoms with Crippen LogP contribution in [0.5, 0.6) is 0 Å². The highest BCUT2D eigenvalue weighted by molar-refractivity contribution is 7.89. The van der Waals surface area contributed by atoms with Crippen molar-refractivity contribution in [1.82, 2.24) is 15.0 Å². The molecule has 0 saturated carbocycles. The number of nitrogens with one attached hydrogen (secondary N) is 1. The lowest BCUT2D eigenvalue weighted by Gasteiger charge is -2.08. The van der Waals surface area contributed by atoms with Gasteiger partial charge in [-0.3, -0.25) is 4.98 Å². The molecule has 3 N–H and O–H groups in total. The number of thiol groups is 1. The Morgan fingerprint density at radius 2 is 1.61 bits per heavy atom. The van der Waals surface area contributed by atoms with E-state index in [4.69, 9.17) is 22.8 Å². The number of imidazole rings is 1. The molecule has 6 nitrogen and oxygen atoms in total. The maximum absolute atomic E-state index is 13.4. The molecule has 0 bridgehead atoms. The summed E-state index contributed by atoms with van der Waals surface area (Å²) in [6, 6.07) is 16.2. The molecule has 0 spiro atoms. The van der Waals surface area contributed by atoms with E-state index in [1.54, 1.807) is 36.7 Å². The average Bonchev–Trinajstić information content (AvgIpc) is 3.20. The van der Waals surface area contributed by atoms with Crippen molar-refractivity contribution in [2.24, 2.45) is 5.14 Å². The zero-order valence-corrected chi connectivity index (χ0v) is 17.9. The van der Waals surface area contributed by atoms with Crippen molar-refractivity contribution in [3.05, 3.63) is 90.3 Å². The largest absolute Gasteiger partial charge is 0.341 e. The second kappa shape index (κ2) is 8.62. The van der Waals surface area contributed by atoms with Crippen molar-refractivity contribution in [3.8, 4) is 22.5 Å². The first-order valence-electron chi connectivity index (χ1n) is 9.37. The molecule has 4 rings (SSSR count). The van der Waals surface area contributed by atoms with Crippen LogP contribution < -0.4 is 5.14 Å². The summed E-state index contributed by atoms with van der Waals surface area (Å²) in [6.07, 6.45) is 3.89. The Morgan fingerprint density at radius 3 is 2.23 bits per heavy atom. The fourth-order valence-electron chi connectivity index (χ4n) is 3.23. The number of nitrogens with two attached hydrogens (primary N) is 1. The van der Waals surface area contributed by atoms with Gasteiger partial charge in [-0.05, 0) is 60.5 Å². The summed E-state index contributed by atoms with van der Waals surface area (Å²) in [5, 5.41) is 4.87. The molecular formula is C22H19FN4O2S2. The minimum Gasteiger partial charge on any atom is -0.341 e. The number of hydrogen-bond acceptors (Lipinski definition) is 5. The van der Waals surface area contributed by atoms with Gasteiger partial charge in [0.2, 0.25) is 10.0 Å². The molecule has 4 aromatic rings. The quantitative estimate of drug-likeness (QED) is 0.381. The lowest BCUT2D eigenvalue weighted by molar-refractivity contribution is 0.597. The normalized spacial score (nSPS) is 12.6. The summed E-state index contributed by atoms with van der Waals surface area (Å²) < 4.78 is 36.3. The minimum atomic E-state index is -3.74. The number of H-pyrrole nitrogens is 1. The molecule has 2 aromatic carbocycles. The standard InChI is InChI=1S/C22H19FN4O2S2/c23-17-5-3-15(4-6-17)20-21(16-9-11-25-12-10-16)27-22(26-20)19(30)13-14-1-7-18(8-2-14)31(24,28)29/h1-12,19,30H,13H2,(H,26,27)(H2,24,28,29). The van der Waals surface area contributed by atoms with Crippen LogP contribution in [0.2, 0.25) is 0 Å². The molecule has 31 heavy (non-hydrogen) atoms. The van der Waals surface area contributed by atoms with Crippen molar-refractivity contribution in [3.63, 3.8) is 0 Å². The Hall–Kier alpha value is -3.01. The van der Waals surface area contributed by atoms with E-state index in [9.17, 15) is 12.8 Å². The van der Waals surface area contributed by atoms with Gasteiger partial charge in [-0.15, -0.1) is 0 Å². The summed E-state index contributed by atoms with van der Waals surface area (Å²) in [4.78, 5) is 12.2. The van der Waals surface area contributed by atoms with Gasteiger partial charge >= 0.3 is 0 Å². The molecule has 0 fully saturated rings. The molecule has 1 unspecified atom stereocenters. The summed E-state index contributed by atoms with van der Waals surface area (Å²) >= 11 is 4.71. The molecule has 158 valence electrons. The molecule has 2 aromatic heterocycles. The number of nitrogens with zero attached hydrogens (tertiary/aromatic N) is 2. The Kier molecular flexibility index (Phi) is 5.90. The summed E-state index contributed by atoms with van der Waals surface area (Å²) in [5.41, 5.74) is 4.02. The van der Waals surface area contributed by atoms with Crippen LogP contribution in [0.1, 0.15) is 16.6 Å². The SMILES string of the molecule is NS(=O)(=O)c1ccc(CC(S)c2nc(-c3ccc(F)cc3)c(-c3ccncc3)[nH]2)cc1. The number of sulfonamides is 1. The van der Waals surface area contributed by atoms with Gasteiger partial charge in [-0.1, -0.05) is 12.1 Å². The minimum absolute atomic E-state index is 0.0588. The zero-order chi connectivity index (χ0) is 22.0. The molecule has 2 heterocycles. The molecule has 0 aliphatic carbocycles. The van der Waals surface area contributed by atoms with Crippen molar-refractivity contribution >= 4 is 22.7 Å². The van der Waals surface area contributed by atoms with Crippen LogP contribution in [0.25, 0.3) is 22.5 Å². The van der Waals surface area contributed by atoms with Gasteiger partial charge in [0.1, 0.15) is 11.6 Å². The monoisotopic (exact) mass is 454 g/mol. The van der Waals surface area contributed by atoms with Gasteiger partial charge in [0.05, 0.1) is 21.5 Å². The number of benzene rings is 2. The van der Waals surface area contributed by atoms with Crippen LogP contribution in [-0.4, -0.2) is 23.4 Å². The Morgan fingerprint density at radius 1 is 0.968 bits per heavy atom. The fraction of sp³-hybridized carbons (Fsp3) is 0.0909. The first kappa shape index (κ1) is 21.2. The molecule has 0 amide bonds. The van der Waals surface area contributed by atoms with Gasteiger partial charge in [-0.2, -0.15) is 12.6 Å². The fourth-order valence-corrected chi connectivity index (χ4v) is 4.08. The number of aromatic amines is 1. The highest BCUT2D eigenvalue weighted by Gasteiger charge is 2.19. The highest BCUT2D eigenvalue weighted by Crippen LogP contribution is 2.33. The van der Waals surface area contributed by atoms with Crippen LogP contribution in [0, 0.1) is 5.82 Å². The van der Waals surface area contributed by atoms with E-state index in [2.05, 4.69) is 9.97 Å². The number of rotatable bonds is 6. The van der Waals surface area contributed by atoms with Crippen LogP contribution in [0.3, 0.4) is 0 Å². The third kappa shape index (κ3) is 4.84. The van der Waals surface area contributed by atoms with Gasteiger partial charge in [0.15, 0.2) is 0 Å². The van der Waals surface area contributed by atoms with Gasteiger partial charge in [-0.25, -0.2) is 22.9 Å². The molecule has 0 radical (unpaired) electrons. The number of hydrogen-bond donors (Lipinski definition) is 3. The van der Waals surface area contributed by atoms with E-state index in [1.165, 1.54) is 24.3 Å². The first-order chi connectivity index (χ1) is 14.8. The van der Waals surface area contributed by atoms with E-state index < -0.39 is 10.0 Å². The molecule has 0 aliphatic heterocycles. The highest BCUT2D eigenvalue weighted by atomic mass is 32.2. The topological polar surface area (TPSA) is 102 Å². The predicted octanol–water partition coefficient (Wildman–Crippen LogP) is 4.14. The molecular weight excluding hydrogens is 435 g/mol. The Balaban J connectivity index is 1.67. The first-order valence-corrected chi connectivity index (χ1v) is 11.4. The third-order valence-electron chi connectivity index (χ3n) is 4.81. The van der Waals surface area contributed by atoms with Crippen molar-refractivity contribution in [2.45, 2.75) is 16.6 Å². The summed E-state index contributed by atoms with van der Waals surface area (Å²) in [5.74, 6) is 0.324. The molecule has 9 heteroatoms. The van der Waals surface area contributed by atoms with Crippen molar-refractivity contribution < 1.29 is 12.8 Å². The van der Waals surface area contributed by atoms with E-state index in [0.29, 0.717) is 17.9 Å². The van der Waals surface area contributed by atoms with Gasteiger partial charge in [0, 0.05) is 23.5 Å². The molecule has 0 saturated heterocycles. The number of halogens is 1. The number of pyridine rings is 1. The molecule has 0 aliphatic rings. The second-order valence-corrected chi connectivity index (χ2v) is 9.18. The number of aromatic nitrogens is 3. The third-order valence-corrected chi connectivity index (χ3v) is 6.16. The van der Waals surface area contributed by atoms with Crippen LogP contribution in [0.15, 0.2) is 78.0 Å². The summed E-state index contributed by atoms with van der Waals surface area (Å²) in [6.45, 7) is 0. The van der Waals surface area contributed by atoms with Crippen LogP contribution in [0.4, 0.5) is 4.39 Å². The van der Waals surface area contributed by atoms with Crippen LogP contribution >= 0.6 is 12.6 Å². The van der Waals surface area contributed by atoms with Crippen LogP contribution in [-0.2, 0) is 16.4 Å². The van der Waals surface area contributed by atoms with E-state index >= 15 is 0 Å². The maximum atomic E-state index is 13.4. The zero-order valence-electron chi connectivity index (χ0n) is 16.2. The van der Waals surface area contributed by atoms with Crippen molar-refractivity contribution in [1.29, 1.82) is 0 Å². The predicted molar refractivity (Wildman–Crippen MR) is 120 cm³/mol. The van der Waals surface area contributed by atoms with E-state index in [0.717, 1.165) is 22.4 Å². The lowest BCUT2D eigenvalue weighted by Crippen LogP contribution is -2.12. The smallest absolute Gasteiger partial charge is 0.238 e. The van der Waals surface area contributed by atoms with Crippen molar-refractivity contribution in [2.75, 3.05) is 0 Å². The van der Waals surface area contributed by atoms with Gasteiger partial charge in [0.25, 0.3) is 0 Å². The lowest BCUT2D eigenvalue weighted by atomic mass is 10.1. The second-order valence-electron chi connectivity index (χ2n) is 7.00. The molecule has 1 atom stereocenters. The Bertz CT molecular complexity index is 1290. The van der Waals surface area contributed by atoms with Gasteiger partial charge < -0.3 is 4.98 Å². The average molecular weight is 455 g/mol. The van der Waals surface area contributed by atoms with E-state index in [1.807, 2.05) is 12.1 Å². The van der Waals surface area contributed by atoms with E-state index in [-0.39, 0.29) is 16.0 Å². The Labute approximate surface area is 184 Å².